The normalized spacial score (nSPS) is 15.1. The number of hydrogen-bond acceptors (Lipinski definition) is 6. The molecule has 0 unspecified atom stereocenters. The van der Waals surface area contributed by atoms with E-state index < -0.39 is 11.7 Å². The fraction of sp³-hybridized carbons (Fsp3) is 0.344. The Morgan fingerprint density at radius 2 is 1.81 bits per heavy atom. The minimum atomic E-state index is -4.40. The van der Waals surface area contributed by atoms with Crippen molar-refractivity contribution in [3.05, 3.63) is 107 Å². The Hall–Kier alpha value is -3.76. The van der Waals surface area contributed by atoms with Crippen LogP contribution < -0.4 is 10.2 Å². The van der Waals surface area contributed by atoms with E-state index in [1.807, 2.05) is 52.0 Å². The average Bonchev–Trinajstić information content (AvgIpc) is 3.31. The van der Waals surface area contributed by atoms with Gasteiger partial charge in [0.2, 0.25) is 0 Å². The van der Waals surface area contributed by atoms with E-state index in [-0.39, 0.29) is 5.91 Å². The third-order valence-electron chi connectivity index (χ3n) is 6.18. The lowest BCUT2D eigenvalue weighted by molar-refractivity contribution is -0.0882. The Morgan fingerprint density at radius 1 is 1.10 bits per heavy atom. The van der Waals surface area contributed by atoms with E-state index in [1.54, 1.807) is 18.3 Å². The zero-order valence-electron chi connectivity index (χ0n) is 24.7. The van der Waals surface area contributed by atoms with Crippen molar-refractivity contribution in [3.8, 4) is 0 Å². The third-order valence-corrected chi connectivity index (χ3v) is 7.11. The Labute approximate surface area is 251 Å². The first-order valence-corrected chi connectivity index (χ1v) is 14.6. The van der Waals surface area contributed by atoms with Gasteiger partial charge in [-0.3, -0.25) is 15.0 Å². The quantitative estimate of drug-likeness (QED) is 0.268. The smallest absolute Gasteiger partial charge is 0.354 e. The minimum absolute atomic E-state index is 0.277. The van der Waals surface area contributed by atoms with Gasteiger partial charge in [-0.05, 0) is 26.0 Å². The molecule has 0 spiro atoms. The molecule has 0 radical (unpaired) electrons. The molecule has 1 saturated heterocycles. The number of carbonyl (C=O) groups excluding carboxylic acids is 1. The lowest BCUT2D eigenvalue weighted by Gasteiger charge is -2.34. The number of halogens is 3. The SMILES string of the molecule is C=C/C=C\C=C(\C)Cc1nc(NC(=O)c2ccc(N3CCN(C/C=C\C(=C/C=C)C(F)(F)F)CC3)nc2)sc1C.CC. The average molecular weight is 600 g/mol. The first-order chi connectivity index (χ1) is 20.1. The molecule has 1 aliphatic heterocycles. The van der Waals surface area contributed by atoms with Crippen LogP contribution in [0.5, 0.6) is 0 Å². The summed E-state index contributed by atoms with van der Waals surface area (Å²) in [4.78, 5) is 27.1. The van der Waals surface area contributed by atoms with Crippen molar-refractivity contribution in [1.82, 2.24) is 14.9 Å². The molecule has 1 fully saturated rings. The van der Waals surface area contributed by atoms with Crippen LogP contribution in [0.25, 0.3) is 0 Å². The Bertz CT molecular complexity index is 1300. The summed E-state index contributed by atoms with van der Waals surface area (Å²) in [5, 5.41) is 3.41. The number of pyridine rings is 1. The number of piperazine rings is 1. The third kappa shape index (κ3) is 10.9. The molecule has 0 aliphatic carbocycles. The van der Waals surface area contributed by atoms with Gasteiger partial charge in [0.15, 0.2) is 5.13 Å². The van der Waals surface area contributed by atoms with E-state index in [0.29, 0.717) is 49.8 Å². The topological polar surface area (TPSA) is 61.4 Å². The molecule has 42 heavy (non-hydrogen) atoms. The molecule has 6 nitrogen and oxygen atoms in total. The standard InChI is InChI=1S/C30H34F3N5OS.C2H6/c1-5-7-8-11-22(3)20-26-23(4)40-29(35-26)36-28(39)24-13-14-27(34-21-24)38-18-16-37(17-19-38)15-9-12-25(10-6-2)30(31,32)33;1-2/h5-14,21H,1-2,15-20H2,3-4H3,(H,35,36,39);1-2H3/b8-7-,12-9-,22-11-,25-10+;. The van der Waals surface area contributed by atoms with Gasteiger partial charge in [-0.15, -0.1) is 11.3 Å². The molecule has 1 N–H and O–H groups in total. The van der Waals surface area contributed by atoms with Gasteiger partial charge in [0.25, 0.3) is 5.91 Å². The van der Waals surface area contributed by atoms with E-state index in [4.69, 9.17) is 0 Å². The number of allylic oxidation sites excluding steroid dienone is 9. The zero-order chi connectivity index (χ0) is 31.1. The molecule has 2 aromatic heterocycles. The molecule has 0 saturated carbocycles. The Kier molecular flexibility index (Phi) is 14.1. The van der Waals surface area contributed by atoms with Crippen LogP contribution in [0, 0.1) is 6.92 Å². The second-order valence-corrected chi connectivity index (χ2v) is 10.4. The molecule has 0 bridgehead atoms. The summed E-state index contributed by atoms with van der Waals surface area (Å²) >= 11 is 1.44. The zero-order valence-corrected chi connectivity index (χ0v) is 25.6. The molecule has 0 atom stereocenters. The van der Waals surface area contributed by atoms with Gasteiger partial charge in [0, 0.05) is 50.2 Å². The monoisotopic (exact) mass is 599 g/mol. The van der Waals surface area contributed by atoms with E-state index in [1.165, 1.54) is 17.4 Å². The minimum Gasteiger partial charge on any atom is -0.354 e. The second-order valence-electron chi connectivity index (χ2n) is 9.24. The van der Waals surface area contributed by atoms with Crippen LogP contribution in [0.15, 0.2) is 91.2 Å². The number of nitrogens with zero attached hydrogens (tertiary/aromatic N) is 4. The molecule has 226 valence electrons. The van der Waals surface area contributed by atoms with Gasteiger partial charge in [0.05, 0.1) is 16.8 Å². The number of rotatable bonds is 11. The number of hydrogen-bond donors (Lipinski definition) is 1. The van der Waals surface area contributed by atoms with E-state index in [2.05, 4.69) is 38.2 Å². The second kappa shape index (κ2) is 17.3. The number of alkyl halides is 3. The summed E-state index contributed by atoms with van der Waals surface area (Å²) in [5.74, 6) is 0.473. The molecule has 10 heteroatoms. The molecular formula is C32H40F3N5OS. The van der Waals surface area contributed by atoms with Crippen LogP contribution in [-0.2, 0) is 6.42 Å². The number of anilines is 2. The van der Waals surface area contributed by atoms with E-state index >= 15 is 0 Å². The summed E-state index contributed by atoms with van der Waals surface area (Å²) in [5.41, 5.74) is 1.79. The summed E-state index contributed by atoms with van der Waals surface area (Å²) in [7, 11) is 0. The van der Waals surface area contributed by atoms with E-state index in [9.17, 15) is 18.0 Å². The first kappa shape index (κ1) is 34.4. The lowest BCUT2D eigenvalue weighted by atomic mass is 10.1. The highest BCUT2D eigenvalue weighted by molar-refractivity contribution is 7.15. The highest BCUT2D eigenvalue weighted by Gasteiger charge is 2.31. The predicted molar refractivity (Wildman–Crippen MR) is 169 cm³/mol. The number of aromatic nitrogens is 2. The fourth-order valence-electron chi connectivity index (χ4n) is 4.00. The van der Waals surface area contributed by atoms with Crippen molar-refractivity contribution in [2.75, 3.05) is 42.9 Å². The molecule has 3 rings (SSSR count). The van der Waals surface area contributed by atoms with Crippen LogP contribution >= 0.6 is 11.3 Å². The number of carbonyl (C=O) groups is 1. The van der Waals surface area contributed by atoms with Gasteiger partial charge in [0.1, 0.15) is 5.82 Å². The van der Waals surface area contributed by atoms with Gasteiger partial charge in [-0.25, -0.2) is 9.97 Å². The number of thiazole rings is 1. The Morgan fingerprint density at radius 3 is 2.40 bits per heavy atom. The molecule has 3 heterocycles. The predicted octanol–water partition coefficient (Wildman–Crippen LogP) is 7.71. The maximum atomic E-state index is 13.0. The maximum absolute atomic E-state index is 13.0. The molecule has 0 aromatic carbocycles. The van der Waals surface area contributed by atoms with E-state index in [0.717, 1.165) is 40.2 Å². The van der Waals surface area contributed by atoms with Crippen molar-refractivity contribution in [2.45, 2.75) is 40.3 Å². The van der Waals surface area contributed by atoms with Gasteiger partial charge in [-0.1, -0.05) is 81.2 Å². The van der Waals surface area contributed by atoms with Gasteiger partial charge < -0.3 is 4.90 Å². The number of aryl methyl sites for hydroxylation is 1. The van der Waals surface area contributed by atoms with Crippen molar-refractivity contribution in [2.24, 2.45) is 0 Å². The highest BCUT2D eigenvalue weighted by Crippen LogP contribution is 2.27. The van der Waals surface area contributed by atoms with Crippen molar-refractivity contribution in [3.63, 3.8) is 0 Å². The highest BCUT2D eigenvalue weighted by atomic mass is 32.1. The summed E-state index contributed by atoms with van der Waals surface area (Å²) < 4.78 is 38.9. The largest absolute Gasteiger partial charge is 0.416 e. The van der Waals surface area contributed by atoms with Crippen LogP contribution in [0.4, 0.5) is 24.1 Å². The summed E-state index contributed by atoms with van der Waals surface area (Å²) in [6.45, 7) is 18.2. The van der Waals surface area contributed by atoms with Crippen LogP contribution in [0.1, 0.15) is 41.7 Å². The van der Waals surface area contributed by atoms with Crippen molar-refractivity contribution in [1.29, 1.82) is 0 Å². The molecular weight excluding hydrogens is 559 g/mol. The number of nitrogens with one attached hydrogen (secondary N) is 1. The summed E-state index contributed by atoms with van der Waals surface area (Å²) in [6.07, 6.45) is 10.1. The summed E-state index contributed by atoms with van der Waals surface area (Å²) in [6, 6.07) is 3.54. The van der Waals surface area contributed by atoms with Crippen LogP contribution in [0.2, 0.25) is 0 Å². The van der Waals surface area contributed by atoms with Crippen LogP contribution in [-0.4, -0.2) is 59.7 Å². The lowest BCUT2D eigenvalue weighted by Crippen LogP contribution is -2.46. The maximum Gasteiger partial charge on any atom is 0.416 e. The Balaban J connectivity index is 0.00000301. The first-order valence-electron chi connectivity index (χ1n) is 13.8. The molecule has 2 aromatic rings. The fourth-order valence-corrected chi connectivity index (χ4v) is 4.83. The molecule has 1 amide bonds. The van der Waals surface area contributed by atoms with Crippen molar-refractivity contribution < 1.29 is 18.0 Å². The van der Waals surface area contributed by atoms with Gasteiger partial charge >= 0.3 is 6.18 Å². The number of amides is 1. The molecule has 1 aliphatic rings. The van der Waals surface area contributed by atoms with Gasteiger partial charge in [-0.2, -0.15) is 13.2 Å². The van der Waals surface area contributed by atoms with Crippen molar-refractivity contribution >= 4 is 28.2 Å². The van der Waals surface area contributed by atoms with Crippen LogP contribution in [0.3, 0.4) is 0 Å².